The molecule has 0 aromatic heterocycles. The van der Waals surface area contributed by atoms with E-state index in [2.05, 4.69) is 15.6 Å². The highest BCUT2D eigenvalue weighted by Gasteiger charge is 2.30. The molecule has 2 amide bonds. The number of urea groups is 1. The summed E-state index contributed by atoms with van der Waals surface area (Å²) in [5.74, 6) is 0. The molecule has 1 aliphatic heterocycles. The van der Waals surface area contributed by atoms with Crippen molar-refractivity contribution in [1.82, 2.24) is 5.32 Å². The molecule has 0 unspecified atom stereocenters. The lowest BCUT2D eigenvalue weighted by Gasteiger charge is -2.10. The van der Waals surface area contributed by atoms with Crippen LogP contribution in [0.3, 0.4) is 0 Å². The lowest BCUT2D eigenvalue weighted by atomic mass is 10.2. The van der Waals surface area contributed by atoms with Crippen LogP contribution in [0, 0.1) is 0 Å². The SMILES string of the molecule is C[C@H]1CN=C(NC(=O)Nc2cccc(C(F)(F)F)c2)S1. The van der Waals surface area contributed by atoms with Gasteiger partial charge in [0.15, 0.2) is 5.17 Å². The van der Waals surface area contributed by atoms with Crippen LogP contribution in [-0.4, -0.2) is 23.0 Å². The van der Waals surface area contributed by atoms with Gasteiger partial charge in [0.05, 0.1) is 12.1 Å². The van der Waals surface area contributed by atoms with Crippen LogP contribution in [0.4, 0.5) is 23.7 Å². The van der Waals surface area contributed by atoms with Crippen LogP contribution >= 0.6 is 11.8 Å². The molecular weight excluding hydrogens is 291 g/mol. The Balaban J connectivity index is 1.98. The normalized spacial score (nSPS) is 18.6. The zero-order valence-corrected chi connectivity index (χ0v) is 11.3. The molecule has 1 heterocycles. The maximum Gasteiger partial charge on any atom is 0.416 e. The lowest BCUT2D eigenvalue weighted by Crippen LogP contribution is -2.32. The van der Waals surface area contributed by atoms with Crippen molar-refractivity contribution in [2.75, 3.05) is 11.9 Å². The number of benzene rings is 1. The van der Waals surface area contributed by atoms with Crippen LogP contribution in [0.15, 0.2) is 29.3 Å². The Morgan fingerprint density at radius 1 is 1.40 bits per heavy atom. The molecule has 0 bridgehead atoms. The summed E-state index contributed by atoms with van der Waals surface area (Å²) in [6.45, 7) is 2.58. The van der Waals surface area contributed by atoms with Crippen molar-refractivity contribution in [1.29, 1.82) is 0 Å². The quantitative estimate of drug-likeness (QED) is 0.836. The number of hydrogen-bond acceptors (Lipinski definition) is 3. The van der Waals surface area contributed by atoms with Gasteiger partial charge in [-0.05, 0) is 18.2 Å². The number of amides is 2. The maximum atomic E-state index is 12.5. The number of anilines is 1. The number of halogens is 3. The molecular formula is C12H12F3N3OS. The topological polar surface area (TPSA) is 53.5 Å². The first kappa shape index (κ1) is 14.7. The number of nitrogens with one attached hydrogen (secondary N) is 2. The highest BCUT2D eigenvalue weighted by molar-refractivity contribution is 8.14. The summed E-state index contributed by atoms with van der Waals surface area (Å²) < 4.78 is 37.6. The number of aliphatic imine (C=N–C) groups is 1. The Labute approximate surface area is 117 Å². The second-order valence-corrected chi connectivity index (χ2v) is 5.66. The van der Waals surface area contributed by atoms with Crippen molar-refractivity contribution in [2.45, 2.75) is 18.3 Å². The summed E-state index contributed by atoms with van der Waals surface area (Å²) in [4.78, 5) is 15.7. The average molecular weight is 303 g/mol. The fraction of sp³-hybridized carbons (Fsp3) is 0.333. The van der Waals surface area contributed by atoms with Crippen LogP contribution in [0.5, 0.6) is 0 Å². The molecule has 0 saturated carbocycles. The molecule has 8 heteroatoms. The summed E-state index contributed by atoms with van der Waals surface area (Å²) in [5.41, 5.74) is -0.731. The van der Waals surface area contributed by atoms with E-state index in [1.54, 1.807) is 0 Å². The number of thioether (sulfide) groups is 1. The molecule has 108 valence electrons. The van der Waals surface area contributed by atoms with Gasteiger partial charge in [-0.2, -0.15) is 13.2 Å². The molecule has 2 N–H and O–H groups in total. The summed E-state index contributed by atoms with van der Waals surface area (Å²) in [7, 11) is 0. The van der Waals surface area contributed by atoms with Crippen molar-refractivity contribution in [2.24, 2.45) is 4.99 Å². The molecule has 4 nitrogen and oxygen atoms in total. The van der Waals surface area contributed by atoms with Gasteiger partial charge in [-0.3, -0.25) is 10.3 Å². The van der Waals surface area contributed by atoms with Gasteiger partial charge in [0, 0.05) is 10.9 Å². The monoisotopic (exact) mass is 303 g/mol. The molecule has 0 radical (unpaired) electrons. The van der Waals surface area contributed by atoms with Gasteiger partial charge < -0.3 is 5.32 Å². The highest BCUT2D eigenvalue weighted by atomic mass is 32.2. The lowest BCUT2D eigenvalue weighted by molar-refractivity contribution is -0.137. The van der Waals surface area contributed by atoms with Crippen LogP contribution in [0.1, 0.15) is 12.5 Å². The molecule has 1 aliphatic rings. The Morgan fingerprint density at radius 3 is 2.75 bits per heavy atom. The van der Waals surface area contributed by atoms with Crippen LogP contribution < -0.4 is 10.6 Å². The summed E-state index contributed by atoms with van der Waals surface area (Å²) in [6.07, 6.45) is -4.44. The van der Waals surface area contributed by atoms with E-state index in [4.69, 9.17) is 0 Å². The number of carbonyl (C=O) groups excluding carboxylic acids is 1. The molecule has 1 aromatic carbocycles. The van der Waals surface area contributed by atoms with Crippen molar-refractivity contribution in [3.05, 3.63) is 29.8 Å². The maximum absolute atomic E-state index is 12.5. The van der Waals surface area contributed by atoms with Crippen molar-refractivity contribution in [3.63, 3.8) is 0 Å². The van der Waals surface area contributed by atoms with Gasteiger partial charge in [-0.15, -0.1) is 0 Å². The number of nitrogens with zero attached hydrogens (tertiary/aromatic N) is 1. The number of alkyl halides is 3. The minimum Gasteiger partial charge on any atom is -0.308 e. The molecule has 1 aromatic rings. The third-order valence-electron chi connectivity index (χ3n) is 2.47. The van der Waals surface area contributed by atoms with E-state index in [0.29, 0.717) is 17.0 Å². The van der Waals surface area contributed by atoms with E-state index in [-0.39, 0.29) is 5.69 Å². The van der Waals surface area contributed by atoms with Gasteiger partial charge in [0.25, 0.3) is 0 Å². The first-order valence-corrected chi connectivity index (χ1v) is 6.69. The number of hydrogen-bond donors (Lipinski definition) is 2. The van der Waals surface area contributed by atoms with E-state index in [9.17, 15) is 18.0 Å². The molecule has 20 heavy (non-hydrogen) atoms. The number of amidine groups is 1. The third kappa shape index (κ3) is 3.89. The minimum atomic E-state index is -4.44. The van der Waals surface area contributed by atoms with Gasteiger partial charge in [0.1, 0.15) is 0 Å². The van der Waals surface area contributed by atoms with Gasteiger partial charge in [-0.1, -0.05) is 24.8 Å². The Bertz CT molecular complexity index is 545. The van der Waals surface area contributed by atoms with E-state index in [1.165, 1.54) is 23.9 Å². The fourth-order valence-electron chi connectivity index (χ4n) is 1.58. The summed E-state index contributed by atoms with van der Waals surface area (Å²) in [6, 6.07) is 3.85. The number of rotatable bonds is 1. The van der Waals surface area contributed by atoms with E-state index in [0.717, 1.165) is 12.1 Å². The van der Waals surface area contributed by atoms with Crippen molar-refractivity contribution in [3.8, 4) is 0 Å². The van der Waals surface area contributed by atoms with Crippen molar-refractivity contribution < 1.29 is 18.0 Å². The predicted molar refractivity (Wildman–Crippen MR) is 73.0 cm³/mol. The fourth-order valence-corrected chi connectivity index (χ4v) is 2.41. The average Bonchev–Trinajstić information content (AvgIpc) is 2.73. The third-order valence-corrected chi connectivity index (χ3v) is 3.48. The van der Waals surface area contributed by atoms with Gasteiger partial charge >= 0.3 is 12.2 Å². The number of carbonyl (C=O) groups is 1. The predicted octanol–water partition coefficient (Wildman–Crippen LogP) is 3.32. The molecule has 0 aliphatic carbocycles. The van der Waals surface area contributed by atoms with Crippen LogP contribution in [-0.2, 0) is 6.18 Å². The van der Waals surface area contributed by atoms with Crippen LogP contribution in [0.2, 0.25) is 0 Å². The minimum absolute atomic E-state index is 0.0778. The van der Waals surface area contributed by atoms with Crippen LogP contribution in [0.25, 0.3) is 0 Å². The smallest absolute Gasteiger partial charge is 0.308 e. The second-order valence-electron chi connectivity index (χ2n) is 4.23. The first-order valence-electron chi connectivity index (χ1n) is 5.81. The highest BCUT2D eigenvalue weighted by Crippen LogP contribution is 2.30. The van der Waals surface area contributed by atoms with Crippen molar-refractivity contribution >= 4 is 28.6 Å². The second kappa shape index (κ2) is 5.74. The van der Waals surface area contributed by atoms with E-state index < -0.39 is 17.8 Å². The Hall–Kier alpha value is -1.70. The largest absolute Gasteiger partial charge is 0.416 e. The summed E-state index contributed by atoms with van der Waals surface area (Å²) in [5, 5.41) is 5.61. The Morgan fingerprint density at radius 2 is 2.15 bits per heavy atom. The van der Waals surface area contributed by atoms with Gasteiger partial charge in [0.2, 0.25) is 0 Å². The summed E-state index contributed by atoms with van der Waals surface area (Å²) >= 11 is 1.41. The zero-order valence-electron chi connectivity index (χ0n) is 10.5. The molecule has 0 fully saturated rings. The molecule has 1 atom stereocenters. The first-order chi connectivity index (χ1) is 9.34. The standard InChI is InChI=1S/C12H12F3N3OS/c1-7-6-16-11(20-7)18-10(19)17-9-4-2-3-8(5-9)12(13,14)15/h2-5,7H,6H2,1H3,(H2,16,17,18,19)/t7-/m0/s1. The molecule has 0 spiro atoms. The van der Waals surface area contributed by atoms with Gasteiger partial charge in [-0.25, -0.2) is 4.79 Å². The Kier molecular flexibility index (Phi) is 4.22. The van der Waals surface area contributed by atoms with E-state index >= 15 is 0 Å². The van der Waals surface area contributed by atoms with E-state index in [1.807, 2.05) is 6.92 Å². The molecule has 0 saturated heterocycles. The zero-order chi connectivity index (χ0) is 14.8. The molecule has 2 rings (SSSR count).